The topological polar surface area (TPSA) is 55.2 Å². The number of aryl methyl sites for hydroxylation is 1. The Bertz CT molecular complexity index is 1200. The third-order valence-corrected chi connectivity index (χ3v) is 8.83. The highest BCUT2D eigenvalue weighted by Crippen LogP contribution is 2.37. The normalized spacial score (nSPS) is 21.0. The third kappa shape index (κ3) is 4.01. The summed E-state index contributed by atoms with van der Waals surface area (Å²) in [5.74, 6) is 1.08. The number of rotatable bonds is 4. The van der Waals surface area contributed by atoms with Crippen LogP contribution in [0.5, 0.6) is 0 Å². The second kappa shape index (κ2) is 9.02. The molecule has 1 amide bonds. The lowest BCUT2D eigenvalue weighted by molar-refractivity contribution is -0.131. The van der Waals surface area contributed by atoms with Gasteiger partial charge < -0.3 is 4.90 Å². The molecule has 2 atom stereocenters. The van der Waals surface area contributed by atoms with E-state index in [0.29, 0.717) is 16.8 Å². The molecule has 0 saturated carbocycles. The van der Waals surface area contributed by atoms with Crippen molar-refractivity contribution < 1.29 is 4.79 Å². The molecular weight excluding hydrogens is 438 g/mol. The summed E-state index contributed by atoms with van der Waals surface area (Å²) >= 11 is 3.05. The minimum atomic E-state index is -0.00505. The van der Waals surface area contributed by atoms with E-state index in [1.54, 1.807) is 15.9 Å². The number of benzene rings is 1. The third-order valence-electron chi connectivity index (χ3n) is 6.76. The zero-order valence-electron chi connectivity index (χ0n) is 18.7. The predicted molar refractivity (Wildman–Crippen MR) is 132 cm³/mol. The Morgan fingerprint density at radius 3 is 2.78 bits per heavy atom. The van der Waals surface area contributed by atoms with Crippen molar-refractivity contribution in [1.82, 2.24) is 14.5 Å². The van der Waals surface area contributed by atoms with E-state index < -0.39 is 0 Å². The molecule has 1 fully saturated rings. The van der Waals surface area contributed by atoms with Gasteiger partial charge in [0.05, 0.1) is 16.8 Å². The van der Waals surface area contributed by atoms with Gasteiger partial charge in [-0.1, -0.05) is 36.9 Å². The van der Waals surface area contributed by atoms with Crippen molar-refractivity contribution in [3.8, 4) is 5.69 Å². The van der Waals surface area contributed by atoms with Crippen LogP contribution in [-0.4, -0.2) is 38.7 Å². The summed E-state index contributed by atoms with van der Waals surface area (Å²) in [7, 11) is 0. The van der Waals surface area contributed by atoms with Gasteiger partial charge in [-0.2, -0.15) is 0 Å². The minimum Gasteiger partial charge on any atom is -0.339 e. The van der Waals surface area contributed by atoms with Crippen molar-refractivity contribution >= 4 is 39.2 Å². The van der Waals surface area contributed by atoms with E-state index in [1.165, 1.54) is 28.6 Å². The van der Waals surface area contributed by atoms with Crippen LogP contribution in [0, 0.1) is 5.92 Å². The Morgan fingerprint density at radius 1 is 1.19 bits per heavy atom. The maximum Gasteiger partial charge on any atom is 0.267 e. The van der Waals surface area contributed by atoms with E-state index in [2.05, 4.69) is 13.8 Å². The Hall–Kier alpha value is -2.12. The van der Waals surface area contributed by atoms with Crippen molar-refractivity contribution in [2.24, 2.45) is 5.92 Å². The first-order chi connectivity index (χ1) is 15.5. The van der Waals surface area contributed by atoms with Crippen LogP contribution in [-0.2, 0) is 17.6 Å². The number of hydrogen-bond acceptors (Lipinski definition) is 5. The summed E-state index contributed by atoms with van der Waals surface area (Å²) in [6, 6.07) is 9.98. The van der Waals surface area contributed by atoms with Gasteiger partial charge in [-0.3, -0.25) is 14.2 Å². The molecule has 2 aliphatic rings. The van der Waals surface area contributed by atoms with Gasteiger partial charge in [0.15, 0.2) is 5.16 Å². The van der Waals surface area contributed by atoms with Gasteiger partial charge in [-0.05, 0) is 69.1 Å². The standard InChI is InChI=1S/C25H29N3O2S2/c1-16-11-12-19-20(14-16)32-23-22(19)24(30)28(18-9-4-3-5-10-18)25(26-23)31-15-21(29)27-13-7-6-8-17(27)2/h3-5,9-10,16-17H,6-8,11-15H2,1-2H3/t16-,17-/m1/s1. The molecule has 1 aliphatic carbocycles. The largest absolute Gasteiger partial charge is 0.339 e. The SMILES string of the molecule is C[C@@H]1CCc2c(sc3nc(SCC(=O)N4CCCC[C@H]4C)n(-c4ccccc4)c(=O)c23)C1. The molecule has 168 valence electrons. The molecule has 0 radical (unpaired) electrons. The first kappa shape index (κ1) is 21.7. The van der Waals surface area contributed by atoms with E-state index in [4.69, 9.17) is 4.98 Å². The van der Waals surface area contributed by atoms with Crippen molar-refractivity contribution in [2.75, 3.05) is 12.3 Å². The van der Waals surface area contributed by atoms with E-state index >= 15 is 0 Å². The molecule has 1 aliphatic heterocycles. The molecule has 5 rings (SSSR count). The van der Waals surface area contributed by atoms with Crippen LogP contribution >= 0.6 is 23.1 Å². The molecule has 7 heteroatoms. The van der Waals surface area contributed by atoms with Gasteiger partial charge in [0.2, 0.25) is 5.91 Å². The average Bonchev–Trinajstić information content (AvgIpc) is 3.16. The lowest BCUT2D eigenvalue weighted by Gasteiger charge is -2.33. The van der Waals surface area contributed by atoms with Crippen molar-refractivity contribution in [3.63, 3.8) is 0 Å². The van der Waals surface area contributed by atoms with E-state index in [0.717, 1.165) is 54.6 Å². The Kier molecular flexibility index (Phi) is 6.12. The van der Waals surface area contributed by atoms with Crippen LogP contribution < -0.4 is 5.56 Å². The summed E-state index contributed by atoms with van der Waals surface area (Å²) in [6.07, 6.45) is 6.40. The van der Waals surface area contributed by atoms with Crippen molar-refractivity contribution in [1.29, 1.82) is 0 Å². The van der Waals surface area contributed by atoms with Crippen LogP contribution in [0.25, 0.3) is 15.9 Å². The zero-order valence-corrected chi connectivity index (χ0v) is 20.3. The Balaban J connectivity index is 1.55. The van der Waals surface area contributed by atoms with Crippen molar-refractivity contribution in [2.45, 2.75) is 63.6 Å². The molecule has 0 unspecified atom stereocenters. The number of piperidine rings is 1. The number of carbonyl (C=O) groups is 1. The number of aromatic nitrogens is 2. The zero-order chi connectivity index (χ0) is 22.2. The lowest BCUT2D eigenvalue weighted by Crippen LogP contribution is -2.43. The fourth-order valence-electron chi connectivity index (χ4n) is 4.95. The molecule has 0 N–H and O–H groups in total. The number of fused-ring (bicyclic) bond motifs is 3. The number of carbonyl (C=O) groups excluding carboxylic acids is 1. The van der Waals surface area contributed by atoms with Gasteiger partial charge in [-0.15, -0.1) is 11.3 Å². The summed E-state index contributed by atoms with van der Waals surface area (Å²) in [5.41, 5.74) is 1.99. The summed E-state index contributed by atoms with van der Waals surface area (Å²) in [5, 5.41) is 1.39. The fraction of sp³-hybridized carbons (Fsp3) is 0.480. The second-order valence-electron chi connectivity index (χ2n) is 9.12. The fourth-order valence-corrected chi connectivity index (χ4v) is 7.27. The van der Waals surface area contributed by atoms with Gasteiger partial charge in [0.1, 0.15) is 4.83 Å². The number of thioether (sulfide) groups is 1. The highest BCUT2D eigenvalue weighted by Gasteiger charge is 2.27. The molecule has 1 aromatic carbocycles. The number of para-hydroxylation sites is 1. The molecule has 3 aromatic rings. The van der Waals surface area contributed by atoms with Crippen LogP contribution in [0.3, 0.4) is 0 Å². The molecule has 1 saturated heterocycles. The molecule has 32 heavy (non-hydrogen) atoms. The molecule has 0 bridgehead atoms. The van der Waals surface area contributed by atoms with Gasteiger partial charge in [0, 0.05) is 17.5 Å². The Morgan fingerprint density at radius 2 is 2.00 bits per heavy atom. The highest BCUT2D eigenvalue weighted by molar-refractivity contribution is 7.99. The maximum atomic E-state index is 13.8. The summed E-state index contributed by atoms with van der Waals surface area (Å²) in [6.45, 7) is 5.23. The number of likely N-dealkylation sites (tertiary alicyclic amines) is 1. The van der Waals surface area contributed by atoms with Gasteiger partial charge in [-0.25, -0.2) is 4.98 Å². The maximum absolute atomic E-state index is 13.8. The van der Waals surface area contributed by atoms with Crippen LogP contribution in [0.1, 0.15) is 50.0 Å². The van der Waals surface area contributed by atoms with Gasteiger partial charge >= 0.3 is 0 Å². The number of nitrogens with zero attached hydrogens (tertiary/aromatic N) is 3. The monoisotopic (exact) mass is 467 g/mol. The number of hydrogen-bond donors (Lipinski definition) is 0. The lowest BCUT2D eigenvalue weighted by atomic mass is 9.89. The molecular formula is C25H29N3O2S2. The van der Waals surface area contributed by atoms with Crippen LogP contribution in [0.2, 0.25) is 0 Å². The molecule has 3 heterocycles. The predicted octanol–water partition coefficient (Wildman–Crippen LogP) is 5.07. The quantitative estimate of drug-likeness (QED) is 0.397. The number of amides is 1. The first-order valence-corrected chi connectivity index (χ1v) is 13.4. The van der Waals surface area contributed by atoms with Crippen LogP contribution in [0.15, 0.2) is 40.3 Å². The molecule has 2 aromatic heterocycles. The summed E-state index contributed by atoms with van der Waals surface area (Å²) < 4.78 is 1.71. The highest BCUT2D eigenvalue weighted by atomic mass is 32.2. The molecule has 0 spiro atoms. The Labute approximate surface area is 196 Å². The molecule has 5 nitrogen and oxygen atoms in total. The van der Waals surface area contributed by atoms with E-state index in [-0.39, 0.29) is 17.5 Å². The first-order valence-electron chi connectivity index (χ1n) is 11.6. The average molecular weight is 468 g/mol. The van der Waals surface area contributed by atoms with Crippen LogP contribution in [0.4, 0.5) is 0 Å². The summed E-state index contributed by atoms with van der Waals surface area (Å²) in [4.78, 5) is 35.8. The minimum absolute atomic E-state index is 0.00505. The van der Waals surface area contributed by atoms with E-state index in [1.807, 2.05) is 35.2 Å². The van der Waals surface area contributed by atoms with E-state index in [9.17, 15) is 9.59 Å². The second-order valence-corrected chi connectivity index (χ2v) is 11.1. The van der Waals surface area contributed by atoms with Crippen molar-refractivity contribution in [3.05, 3.63) is 51.1 Å². The van der Waals surface area contributed by atoms with Gasteiger partial charge in [0.25, 0.3) is 5.56 Å². The number of thiophene rings is 1. The smallest absolute Gasteiger partial charge is 0.267 e.